The zero-order chi connectivity index (χ0) is 21.5. The van der Waals surface area contributed by atoms with Crippen LogP contribution in [0.2, 0.25) is 0 Å². The number of alkyl halides is 3. The fraction of sp³-hybridized carbons (Fsp3) is 0.550. The molecule has 3 aliphatic heterocycles. The van der Waals surface area contributed by atoms with Crippen LogP contribution in [0.5, 0.6) is 0 Å². The molecule has 7 nitrogen and oxygen atoms in total. The van der Waals surface area contributed by atoms with Gasteiger partial charge >= 0.3 is 6.18 Å². The summed E-state index contributed by atoms with van der Waals surface area (Å²) in [4.78, 5) is 37.9. The van der Waals surface area contributed by atoms with Gasteiger partial charge < -0.3 is 15.5 Å². The van der Waals surface area contributed by atoms with Gasteiger partial charge in [0.2, 0.25) is 11.8 Å². The molecule has 0 saturated carbocycles. The molecule has 3 atom stereocenters. The van der Waals surface area contributed by atoms with E-state index in [0.29, 0.717) is 18.5 Å². The molecule has 0 spiro atoms. The molecule has 162 valence electrons. The molecule has 1 aromatic carbocycles. The Kier molecular flexibility index (Phi) is 5.54. The zero-order valence-electron chi connectivity index (χ0n) is 16.2. The van der Waals surface area contributed by atoms with E-state index in [1.165, 1.54) is 4.90 Å². The van der Waals surface area contributed by atoms with E-state index in [9.17, 15) is 27.6 Å². The van der Waals surface area contributed by atoms with E-state index in [2.05, 4.69) is 16.0 Å². The Labute approximate surface area is 171 Å². The summed E-state index contributed by atoms with van der Waals surface area (Å²) in [5.74, 6) is -1.08. The van der Waals surface area contributed by atoms with Gasteiger partial charge in [0.25, 0.3) is 5.91 Å². The minimum Gasteiger partial charge on any atom is -0.322 e. The number of hydrogen-bond acceptors (Lipinski definition) is 5. The van der Waals surface area contributed by atoms with Gasteiger partial charge in [0.15, 0.2) is 0 Å². The zero-order valence-corrected chi connectivity index (χ0v) is 16.2. The van der Waals surface area contributed by atoms with Crippen LogP contribution < -0.4 is 16.0 Å². The molecular formula is C20H23F3N4O3. The van der Waals surface area contributed by atoms with Gasteiger partial charge in [0.05, 0.1) is 0 Å². The number of carbonyl (C=O) groups is 3. The first-order valence-electron chi connectivity index (χ1n) is 10.0. The Morgan fingerprint density at radius 3 is 2.70 bits per heavy atom. The highest BCUT2D eigenvalue weighted by Gasteiger charge is 2.42. The lowest BCUT2D eigenvalue weighted by molar-refractivity contribution is -0.161. The Balaban J connectivity index is 1.44. The third kappa shape index (κ3) is 4.06. The molecule has 3 aliphatic rings. The molecule has 3 heterocycles. The van der Waals surface area contributed by atoms with Crippen molar-refractivity contribution in [1.29, 1.82) is 0 Å². The third-order valence-electron chi connectivity index (χ3n) is 6.06. The van der Waals surface area contributed by atoms with Crippen molar-refractivity contribution in [2.24, 2.45) is 0 Å². The van der Waals surface area contributed by atoms with Crippen molar-refractivity contribution in [2.45, 2.75) is 63.1 Å². The number of carbonyl (C=O) groups excluding carboxylic acids is 3. The van der Waals surface area contributed by atoms with Gasteiger partial charge in [-0.1, -0.05) is 12.1 Å². The number of amides is 3. The highest BCUT2D eigenvalue weighted by molar-refractivity contribution is 6.05. The molecular weight excluding hydrogens is 401 g/mol. The lowest BCUT2D eigenvalue weighted by Crippen LogP contribution is -2.52. The number of halogens is 3. The first-order chi connectivity index (χ1) is 14.2. The fourth-order valence-electron chi connectivity index (χ4n) is 4.42. The number of rotatable bonds is 4. The second-order valence-corrected chi connectivity index (χ2v) is 7.99. The highest BCUT2D eigenvalue weighted by atomic mass is 19.4. The van der Waals surface area contributed by atoms with E-state index in [-0.39, 0.29) is 50.2 Å². The second kappa shape index (κ2) is 7.99. The molecule has 3 amide bonds. The largest absolute Gasteiger partial charge is 0.403 e. The van der Waals surface area contributed by atoms with Crippen molar-refractivity contribution < 1.29 is 27.6 Å². The summed E-state index contributed by atoms with van der Waals surface area (Å²) in [6.07, 6.45) is -3.26. The van der Waals surface area contributed by atoms with Gasteiger partial charge in [-0.3, -0.25) is 19.7 Å². The number of fused-ring (bicyclic) bond motifs is 1. The molecule has 3 N–H and O–H groups in total. The number of hydrogen-bond donors (Lipinski definition) is 3. The summed E-state index contributed by atoms with van der Waals surface area (Å²) in [6, 6.07) is 2.78. The number of benzene rings is 1. The maximum Gasteiger partial charge on any atom is 0.403 e. The maximum atomic E-state index is 13.0. The molecule has 0 aliphatic carbocycles. The lowest BCUT2D eigenvalue weighted by Gasteiger charge is -2.32. The maximum absolute atomic E-state index is 13.0. The molecule has 2 fully saturated rings. The van der Waals surface area contributed by atoms with Crippen LogP contribution in [0.25, 0.3) is 0 Å². The summed E-state index contributed by atoms with van der Waals surface area (Å²) < 4.78 is 39.0. The van der Waals surface area contributed by atoms with E-state index in [0.717, 1.165) is 11.1 Å². The van der Waals surface area contributed by atoms with Crippen LogP contribution in [0.1, 0.15) is 47.2 Å². The normalized spacial score (nSPS) is 27.2. The predicted molar refractivity (Wildman–Crippen MR) is 100 cm³/mol. The van der Waals surface area contributed by atoms with Crippen LogP contribution in [0.4, 0.5) is 13.2 Å². The first-order valence-corrected chi connectivity index (χ1v) is 10.0. The van der Waals surface area contributed by atoms with E-state index in [1.807, 2.05) is 6.07 Å². The van der Waals surface area contributed by atoms with Crippen LogP contribution in [-0.2, 0) is 22.7 Å². The van der Waals surface area contributed by atoms with Gasteiger partial charge in [0, 0.05) is 31.1 Å². The van der Waals surface area contributed by atoms with Crippen LogP contribution in [-0.4, -0.2) is 53.5 Å². The molecule has 4 rings (SSSR count). The third-order valence-corrected chi connectivity index (χ3v) is 6.06. The van der Waals surface area contributed by atoms with Crippen molar-refractivity contribution in [1.82, 2.24) is 20.9 Å². The average Bonchev–Trinajstić information content (AvgIpc) is 3.03. The van der Waals surface area contributed by atoms with Gasteiger partial charge in [-0.2, -0.15) is 13.2 Å². The Hall–Kier alpha value is -2.46. The van der Waals surface area contributed by atoms with E-state index in [1.54, 1.807) is 12.1 Å². The Bertz CT molecular complexity index is 873. The van der Waals surface area contributed by atoms with E-state index < -0.39 is 24.2 Å². The molecule has 0 bridgehead atoms. The monoisotopic (exact) mass is 424 g/mol. The molecule has 3 unspecified atom stereocenters. The SMILES string of the molecule is O=C1CCC(N2Cc3c(CNC4CCNC(C(F)(F)F)C4)cccc3C2=O)C(=O)N1. The number of nitrogens with one attached hydrogen (secondary N) is 3. The predicted octanol–water partition coefficient (Wildman–Crippen LogP) is 1.22. The van der Waals surface area contributed by atoms with Crippen LogP contribution in [0.15, 0.2) is 18.2 Å². The van der Waals surface area contributed by atoms with Crippen molar-refractivity contribution in [3.8, 4) is 0 Å². The van der Waals surface area contributed by atoms with E-state index >= 15 is 0 Å². The van der Waals surface area contributed by atoms with Crippen LogP contribution in [0, 0.1) is 0 Å². The van der Waals surface area contributed by atoms with Gasteiger partial charge in [0.1, 0.15) is 12.1 Å². The molecule has 1 aromatic rings. The second-order valence-electron chi connectivity index (χ2n) is 7.99. The molecule has 0 radical (unpaired) electrons. The summed E-state index contributed by atoms with van der Waals surface area (Å²) in [5, 5.41) is 7.98. The van der Waals surface area contributed by atoms with E-state index in [4.69, 9.17) is 0 Å². The fourth-order valence-corrected chi connectivity index (χ4v) is 4.42. The number of imide groups is 1. The highest BCUT2D eigenvalue weighted by Crippen LogP contribution is 2.30. The first kappa shape index (κ1) is 20.8. The Morgan fingerprint density at radius 1 is 1.17 bits per heavy atom. The summed E-state index contributed by atoms with van der Waals surface area (Å²) in [7, 11) is 0. The molecule has 0 aromatic heterocycles. The number of piperidine rings is 2. The smallest absolute Gasteiger partial charge is 0.322 e. The van der Waals surface area contributed by atoms with Gasteiger partial charge in [-0.25, -0.2) is 0 Å². The minimum atomic E-state index is -4.27. The molecule has 10 heteroatoms. The molecule has 30 heavy (non-hydrogen) atoms. The quantitative estimate of drug-likeness (QED) is 0.633. The standard InChI is InChI=1S/C20H23F3N4O3/c21-20(22,23)16-8-12(6-7-24-16)25-9-11-2-1-3-13-14(11)10-27(19(13)30)15-4-5-17(28)26-18(15)29/h1-3,12,15-16,24-25H,4-10H2,(H,26,28,29). The minimum absolute atomic E-state index is 0.0418. The van der Waals surface area contributed by atoms with Gasteiger partial charge in [-0.05, 0) is 43.0 Å². The summed E-state index contributed by atoms with van der Waals surface area (Å²) in [6.45, 7) is 0.876. The lowest BCUT2D eigenvalue weighted by atomic mass is 9.98. The molecule has 2 saturated heterocycles. The van der Waals surface area contributed by atoms with Crippen LogP contribution >= 0.6 is 0 Å². The number of nitrogens with zero attached hydrogens (tertiary/aromatic N) is 1. The van der Waals surface area contributed by atoms with Crippen molar-refractivity contribution in [3.05, 3.63) is 34.9 Å². The summed E-state index contributed by atoms with van der Waals surface area (Å²) in [5.41, 5.74) is 2.11. The van der Waals surface area contributed by atoms with Crippen LogP contribution in [0.3, 0.4) is 0 Å². The topological polar surface area (TPSA) is 90.5 Å². The van der Waals surface area contributed by atoms with Gasteiger partial charge in [-0.15, -0.1) is 0 Å². The van der Waals surface area contributed by atoms with Crippen molar-refractivity contribution in [3.63, 3.8) is 0 Å². The Morgan fingerprint density at radius 2 is 1.97 bits per heavy atom. The van der Waals surface area contributed by atoms with Crippen molar-refractivity contribution in [2.75, 3.05) is 6.54 Å². The average molecular weight is 424 g/mol. The van der Waals surface area contributed by atoms with Crippen molar-refractivity contribution >= 4 is 17.7 Å². The summed E-state index contributed by atoms with van der Waals surface area (Å²) >= 11 is 0.